The van der Waals surface area contributed by atoms with E-state index >= 15 is 0 Å². The van der Waals surface area contributed by atoms with Gasteiger partial charge >= 0.3 is 0 Å². The fraction of sp³-hybridized carbons (Fsp3) is 0.400. The lowest BCUT2D eigenvalue weighted by Crippen LogP contribution is -2.27. The van der Waals surface area contributed by atoms with Crippen molar-refractivity contribution in [1.29, 1.82) is 5.26 Å². The van der Waals surface area contributed by atoms with Gasteiger partial charge in [0.05, 0.1) is 6.20 Å². The van der Waals surface area contributed by atoms with Crippen LogP contribution in [0.15, 0.2) is 6.20 Å². The number of aromatic nitrogens is 2. The van der Waals surface area contributed by atoms with Crippen LogP contribution in [0.4, 0.5) is 11.8 Å². The van der Waals surface area contributed by atoms with E-state index < -0.39 is 0 Å². The maximum absolute atomic E-state index is 11.8. The van der Waals surface area contributed by atoms with Gasteiger partial charge in [-0.1, -0.05) is 0 Å². The molecule has 2 rings (SSSR count). The van der Waals surface area contributed by atoms with Crippen LogP contribution in [0.25, 0.3) is 0 Å². The van der Waals surface area contributed by atoms with Crippen LogP contribution in [-0.4, -0.2) is 28.3 Å². The van der Waals surface area contributed by atoms with Crippen molar-refractivity contribution in [2.45, 2.75) is 6.42 Å². The van der Waals surface area contributed by atoms with Crippen LogP contribution in [0, 0.1) is 17.2 Å². The van der Waals surface area contributed by atoms with Gasteiger partial charge in [0.2, 0.25) is 11.9 Å². The molecule has 1 aromatic heterocycles. The highest BCUT2D eigenvalue weighted by atomic mass is 35.5. The monoisotopic (exact) mass is 251 g/mol. The molecule has 17 heavy (non-hydrogen) atoms. The number of hydrogen-bond donors (Lipinski definition) is 1. The smallest absolute Gasteiger partial charge is 0.228 e. The number of carbonyl (C=O) groups is 1. The number of carbonyl (C=O) groups excluding carboxylic acids is 1. The molecule has 1 atom stereocenters. The fourth-order valence-corrected chi connectivity index (χ4v) is 1.97. The predicted octanol–water partition coefficient (Wildman–Crippen LogP) is 0.522. The van der Waals surface area contributed by atoms with Gasteiger partial charge in [-0.05, 0) is 5.92 Å². The molecule has 1 aliphatic rings. The van der Waals surface area contributed by atoms with Gasteiger partial charge in [0.15, 0.2) is 5.82 Å². The molecule has 0 aliphatic carbocycles. The summed E-state index contributed by atoms with van der Waals surface area (Å²) in [4.78, 5) is 20.9. The minimum atomic E-state index is -0.0924. The first-order valence-corrected chi connectivity index (χ1v) is 5.58. The summed E-state index contributed by atoms with van der Waals surface area (Å²) < 4.78 is 0. The summed E-state index contributed by atoms with van der Waals surface area (Å²) in [5, 5.41) is 8.94. The molecular weight excluding hydrogens is 242 g/mol. The second kappa shape index (κ2) is 4.55. The van der Waals surface area contributed by atoms with Gasteiger partial charge in [-0.3, -0.25) is 9.69 Å². The molecule has 2 heterocycles. The van der Waals surface area contributed by atoms with Crippen molar-refractivity contribution in [1.82, 2.24) is 9.97 Å². The first-order valence-electron chi connectivity index (χ1n) is 5.04. The number of amides is 1. The third-order valence-electron chi connectivity index (χ3n) is 2.59. The number of halogens is 1. The summed E-state index contributed by atoms with van der Waals surface area (Å²) in [5.74, 6) is 0.723. The van der Waals surface area contributed by atoms with E-state index in [1.54, 1.807) is 0 Å². The molecule has 2 N–H and O–H groups in total. The number of alkyl halides is 1. The van der Waals surface area contributed by atoms with Gasteiger partial charge < -0.3 is 5.73 Å². The number of nitrogen functional groups attached to an aromatic ring is 1. The lowest BCUT2D eigenvalue weighted by atomic mass is 10.1. The molecule has 0 spiro atoms. The zero-order chi connectivity index (χ0) is 12.4. The molecule has 0 aromatic carbocycles. The number of nitrogens with two attached hydrogens (primary N) is 1. The van der Waals surface area contributed by atoms with E-state index in [1.165, 1.54) is 11.1 Å². The highest BCUT2D eigenvalue weighted by molar-refractivity contribution is 6.18. The Balaban J connectivity index is 2.37. The zero-order valence-corrected chi connectivity index (χ0v) is 9.68. The Morgan fingerprint density at radius 2 is 2.47 bits per heavy atom. The van der Waals surface area contributed by atoms with Crippen LogP contribution in [0.5, 0.6) is 0 Å². The first-order chi connectivity index (χ1) is 8.15. The number of rotatable bonds is 2. The summed E-state index contributed by atoms with van der Waals surface area (Å²) >= 11 is 5.73. The summed E-state index contributed by atoms with van der Waals surface area (Å²) in [7, 11) is 0. The SMILES string of the molecule is N#Cc1cnc(N)nc1N1CC(CCl)CC1=O. The van der Waals surface area contributed by atoms with E-state index in [2.05, 4.69) is 9.97 Å². The third-order valence-corrected chi connectivity index (χ3v) is 3.02. The van der Waals surface area contributed by atoms with Crippen molar-refractivity contribution < 1.29 is 4.79 Å². The Morgan fingerprint density at radius 1 is 1.71 bits per heavy atom. The molecule has 0 bridgehead atoms. The van der Waals surface area contributed by atoms with E-state index in [9.17, 15) is 4.79 Å². The van der Waals surface area contributed by atoms with Crippen LogP contribution in [0.2, 0.25) is 0 Å². The van der Waals surface area contributed by atoms with Crippen LogP contribution >= 0.6 is 11.6 Å². The number of nitriles is 1. The predicted molar refractivity (Wildman–Crippen MR) is 62.3 cm³/mol. The van der Waals surface area contributed by atoms with Gasteiger partial charge in [-0.2, -0.15) is 10.2 Å². The Morgan fingerprint density at radius 3 is 3.06 bits per heavy atom. The van der Waals surface area contributed by atoms with Crippen LogP contribution in [0.3, 0.4) is 0 Å². The summed E-state index contributed by atoms with van der Waals surface area (Å²) in [5.41, 5.74) is 5.71. The van der Waals surface area contributed by atoms with Gasteiger partial charge in [0, 0.05) is 18.8 Å². The Kier molecular flexibility index (Phi) is 3.11. The van der Waals surface area contributed by atoms with Gasteiger partial charge in [0.1, 0.15) is 11.6 Å². The first kappa shape index (κ1) is 11.6. The normalized spacial score (nSPS) is 19.4. The second-order valence-corrected chi connectivity index (χ2v) is 4.11. The second-order valence-electron chi connectivity index (χ2n) is 3.81. The maximum Gasteiger partial charge on any atom is 0.228 e. The van der Waals surface area contributed by atoms with Crippen LogP contribution in [-0.2, 0) is 4.79 Å². The lowest BCUT2D eigenvalue weighted by Gasteiger charge is -2.16. The molecule has 1 aromatic rings. The third kappa shape index (κ3) is 2.15. The standard InChI is InChI=1S/C10H10ClN5O/c11-2-6-1-8(17)16(5-6)9-7(3-12)4-14-10(13)15-9/h4,6H,1-2,5H2,(H2,13,14,15). The molecule has 88 valence electrons. The molecule has 1 fully saturated rings. The summed E-state index contributed by atoms with van der Waals surface area (Å²) in [6.45, 7) is 0.466. The minimum absolute atomic E-state index is 0.0427. The molecule has 0 radical (unpaired) electrons. The largest absolute Gasteiger partial charge is 0.368 e. The van der Waals surface area contributed by atoms with Crippen molar-refractivity contribution in [3.63, 3.8) is 0 Å². The number of anilines is 2. The van der Waals surface area contributed by atoms with Gasteiger partial charge in [-0.25, -0.2) is 4.98 Å². The summed E-state index contributed by atoms with van der Waals surface area (Å²) in [6.07, 6.45) is 1.69. The van der Waals surface area contributed by atoms with Crippen LogP contribution in [0.1, 0.15) is 12.0 Å². The molecule has 7 heteroatoms. The van der Waals surface area contributed by atoms with E-state index in [4.69, 9.17) is 22.6 Å². The Hall–Kier alpha value is -1.87. The van der Waals surface area contributed by atoms with E-state index in [0.717, 1.165) is 0 Å². The molecule has 1 amide bonds. The van der Waals surface area contributed by atoms with Gasteiger partial charge in [0.25, 0.3) is 0 Å². The highest BCUT2D eigenvalue weighted by Crippen LogP contribution is 2.26. The van der Waals surface area contributed by atoms with E-state index in [0.29, 0.717) is 18.8 Å². The van der Waals surface area contributed by atoms with Crippen molar-refractivity contribution in [2.75, 3.05) is 23.1 Å². The molecule has 0 saturated carbocycles. The molecule has 6 nitrogen and oxygen atoms in total. The Labute approximate surface area is 103 Å². The maximum atomic E-state index is 11.8. The van der Waals surface area contributed by atoms with E-state index in [-0.39, 0.29) is 29.2 Å². The zero-order valence-electron chi connectivity index (χ0n) is 8.93. The molecule has 1 aliphatic heterocycles. The van der Waals surface area contributed by atoms with Crippen LogP contribution < -0.4 is 10.6 Å². The summed E-state index contributed by atoms with van der Waals surface area (Å²) in [6, 6.07) is 1.95. The molecule has 1 saturated heterocycles. The fourth-order valence-electron chi connectivity index (χ4n) is 1.76. The van der Waals surface area contributed by atoms with Crippen molar-refractivity contribution in [2.24, 2.45) is 5.92 Å². The average molecular weight is 252 g/mol. The highest BCUT2D eigenvalue weighted by Gasteiger charge is 2.32. The van der Waals surface area contributed by atoms with Crippen molar-refractivity contribution in [3.05, 3.63) is 11.8 Å². The molecule has 1 unspecified atom stereocenters. The van der Waals surface area contributed by atoms with Crippen molar-refractivity contribution in [3.8, 4) is 6.07 Å². The van der Waals surface area contributed by atoms with Crippen molar-refractivity contribution >= 4 is 29.3 Å². The topological polar surface area (TPSA) is 95.9 Å². The average Bonchev–Trinajstić information content (AvgIpc) is 2.70. The van der Waals surface area contributed by atoms with E-state index in [1.807, 2.05) is 6.07 Å². The molecular formula is C10H10ClN5O. The number of hydrogen-bond acceptors (Lipinski definition) is 5. The minimum Gasteiger partial charge on any atom is -0.368 e. The Bertz CT molecular complexity index is 498. The van der Waals surface area contributed by atoms with Gasteiger partial charge in [-0.15, -0.1) is 11.6 Å². The number of nitrogens with zero attached hydrogens (tertiary/aromatic N) is 4. The lowest BCUT2D eigenvalue weighted by molar-refractivity contribution is -0.117. The quantitative estimate of drug-likeness (QED) is 0.773.